The van der Waals surface area contributed by atoms with Crippen LogP contribution in [0.5, 0.6) is 0 Å². The molecule has 0 aliphatic rings. The molecule has 8 heteroatoms. The van der Waals surface area contributed by atoms with Crippen molar-refractivity contribution >= 4 is 40.7 Å². The highest BCUT2D eigenvalue weighted by atomic mass is 32.1. The van der Waals surface area contributed by atoms with Gasteiger partial charge in [-0.3, -0.25) is 14.4 Å². The summed E-state index contributed by atoms with van der Waals surface area (Å²) in [4.78, 5) is 49.0. The molecule has 2 aromatic rings. The van der Waals surface area contributed by atoms with E-state index >= 15 is 0 Å². The molecule has 1 N–H and O–H groups in total. The average molecular weight is 417 g/mol. The maximum absolute atomic E-state index is 12.0. The third kappa shape index (κ3) is 7.50. The van der Waals surface area contributed by atoms with Crippen molar-refractivity contribution in [2.75, 3.05) is 18.5 Å². The fraction of sp³-hybridized carbons (Fsp3) is 0.333. The standard InChI is InChI=1S/C21H23NO6S/c1-3-12-27-21(26)15-5-7-16(8-6-15)22-19(24)13-28-20(25)11-9-17(23)18-10-4-14(2)29-18/h4-8,10H,3,9,11-13H2,1-2H3,(H,22,24). The lowest BCUT2D eigenvalue weighted by Crippen LogP contribution is -2.21. The molecular formula is C21H23NO6S. The molecule has 0 unspecified atom stereocenters. The van der Waals surface area contributed by atoms with Crippen LogP contribution in [0.25, 0.3) is 0 Å². The number of esters is 2. The van der Waals surface area contributed by atoms with Gasteiger partial charge in [-0.1, -0.05) is 6.92 Å². The highest BCUT2D eigenvalue weighted by molar-refractivity contribution is 7.14. The van der Waals surface area contributed by atoms with Gasteiger partial charge in [-0.2, -0.15) is 0 Å². The molecule has 0 saturated heterocycles. The van der Waals surface area contributed by atoms with E-state index in [0.29, 0.717) is 22.7 Å². The molecule has 0 radical (unpaired) electrons. The van der Waals surface area contributed by atoms with Gasteiger partial charge in [0.25, 0.3) is 5.91 Å². The Morgan fingerprint density at radius 3 is 2.31 bits per heavy atom. The van der Waals surface area contributed by atoms with E-state index in [1.165, 1.54) is 23.5 Å². The Hall–Kier alpha value is -3.00. The first-order chi connectivity index (χ1) is 13.9. The van der Waals surface area contributed by atoms with Crippen LogP contribution in [0.3, 0.4) is 0 Å². The zero-order valence-corrected chi connectivity index (χ0v) is 17.2. The summed E-state index contributed by atoms with van der Waals surface area (Å²) in [5, 5.41) is 2.57. The molecule has 7 nitrogen and oxygen atoms in total. The minimum atomic E-state index is -0.615. The molecule has 1 amide bonds. The number of hydrogen-bond donors (Lipinski definition) is 1. The van der Waals surface area contributed by atoms with Crippen LogP contribution in [0.1, 0.15) is 51.1 Å². The van der Waals surface area contributed by atoms with Crippen LogP contribution in [0.4, 0.5) is 5.69 Å². The van der Waals surface area contributed by atoms with Crippen molar-refractivity contribution < 1.29 is 28.7 Å². The summed E-state index contributed by atoms with van der Waals surface area (Å²) in [6.45, 7) is 3.70. The van der Waals surface area contributed by atoms with E-state index in [-0.39, 0.29) is 18.6 Å². The van der Waals surface area contributed by atoms with Crippen LogP contribution in [-0.4, -0.2) is 36.8 Å². The third-order valence-corrected chi connectivity index (χ3v) is 4.82. The number of nitrogens with one attached hydrogen (secondary N) is 1. The van der Waals surface area contributed by atoms with Crippen molar-refractivity contribution in [3.05, 3.63) is 51.7 Å². The smallest absolute Gasteiger partial charge is 0.338 e. The first-order valence-corrected chi connectivity index (χ1v) is 10.0. The van der Waals surface area contributed by atoms with Crippen molar-refractivity contribution in [3.8, 4) is 0 Å². The molecule has 0 saturated carbocycles. The van der Waals surface area contributed by atoms with Crippen LogP contribution >= 0.6 is 11.3 Å². The molecule has 0 aliphatic heterocycles. The van der Waals surface area contributed by atoms with Gasteiger partial charge in [0.15, 0.2) is 12.4 Å². The number of Topliss-reactive ketones (excluding diaryl/α,β-unsaturated/α-hetero) is 1. The Kier molecular flexibility index (Phi) is 8.54. The zero-order chi connectivity index (χ0) is 21.2. The van der Waals surface area contributed by atoms with E-state index in [2.05, 4.69) is 5.32 Å². The highest BCUT2D eigenvalue weighted by Crippen LogP contribution is 2.17. The first kappa shape index (κ1) is 22.3. The van der Waals surface area contributed by atoms with Crippen molar-refractivity contribution in [1.82, 2.24) is 0 Å². The minimum Gasteiger partial charge on any atom is -0.462 e. The minimum absolute atomic E-state index is 0.0377. The van der Waals surface area contributed by atoms with Crippen molar-refractivity contribution in [1.29, 1.82) is 0 Å². The van der Waals surface area contributed by atoms with Crippen LogP contribution in [-0.2, 0) is 19.1 Å². The van der Waals surface area contributed by atoms with E-state index < -0.39 is 24.5 Å². The summed E-state index contributed by atoms with van der Waals surface area (Å²) in [6.07, 6.45) is 0.689. The van der Waals surface area contributed by atoms with Gasteiger partial charge in [0.05, 0.1) is 23.5 Å². The number of carbonyl (C=O) groups is 4. The zero-order valence-electron chi connectivity index (χ0n) is 16.4. The predicted octanol–water partition coefficient (Wildman–Crippen LogP) is 3.77. The lowest BCUT2D eigenvalue weighted by Gasteiger charge is -2.07. The van der Waals surface area contributed by atoms with E-state index in [4.69, 9.17) is 9.47 Å². The number of aryl methyl sites for hydroxylation is 1. The fourth-order valence-electron chi connectivity index (χ4n) is 2.31. The van der Waals surface area contributed by atoms with Crippen LogP contribution in [0.15, 0.2) is 36.4 Å². The lowest BCUT2D eigenvalue weighted by atomic mass is 10.2. The van der Waals surface area contributed by atoms with E-state index in [1.54, 1.807) is 18.2 Å². The molecule has 154 valence electrons. The summed E-state index contributed by atoms with van der Waals surface area (Å²) in [5.41, 5.74) is 0.842. The SMILES string of the molecule is CCCOC(=O)c1ccc(NC(=O)COC(=O)CCC(=O)c2ccc(C)s2)cc1. The van der Waals surface area contributed by atoms with Gasteiger partial charge in [-0.25, -0.2) is 4.79 Å². The largest absolute Gasteiger partial charge is 0.462 e. The fourth-order valence-corrected chi connectivity index (χ4v) is 3.14. The maximum Gasteiger partial charge on any atom is 0.338 e. The van der Waals surface area contributed by atoms with Crippen LogP contribution < -0.4 is 5.32 Å². The normalized spacial score (nSPS) is 10.3. The first-order valence-electron chi connectivity index (χ1n) is 9.21. The Labute approximate surface area is 173 Å². The molecule has 2 rings (SSSR count). The number of anilines is 1. The Balaban J connectivity index is 1.71. The quantitative estimate of drug-likeness (QED) is 0.467. The van der Waals surface area contributed by atoms with Gasteiger partial charge in [0.2, 0.25) is 0 Å². The highest BCUT2D eigenvalue weighted by Gasteiger charge is 2.13. The number of ether oxygens (including phenoxy) is 2. The second-order valence-corrected chi connectivity index (χ2v) is 7.54. The van der Waals surface area contributed by atoms with Crippen molar-refractivity contribution in [2.45, 2.75) is 33.1 Å². The van der Waals surface area contributed by atoms with E-state index in [1.807, 2.05) is 19.9 Å². The molecular weight excluding hydrogens is 394 g/mol. The van der Waals surface area contributed by atoms with Gasteiger partial charge >= 0.3 is 11.9 Å². The summed E-state index contributed by atoms with van der Waals surface area (Å²) >= 11 is 1.38. The second-order valence-electron chi connectivity index (χ2n) is 6.26. The number of amides is 1. The molecule has 0 spiro atoms. The van der Waals surface area contributed by atoms with Gasteiger partial charge < -0.3 is 14.8 Å². The molecule has 0 aliphatic carbocycles. The molecule has 1 heterocycles. The summed E-state index contributed by atoms with van der Waals surface area (Å²) in [5.74, 6) is -1.68. The van der Waals surface area contributed by atoms with Crippen LogP contribution in [0, 0.1) is 6.92 Å². The number of benzene rings is 1. The van der Waals surface area contributed by atoms with E-state index in [9.17, 15) is 19.2 Å². The molecule has 0 bridgehead atoms. The average Bonchev–Trinajstić information content (AvgIpc) is 3.15. The van der Waals surface area contributed by atoms with Gasteiger partial charge in [0, 0.05) is 17.0 Å². The monoisotopic (exact) mass is 417 g/mol. The molecule has 0 fully saturated rings. The summed E-state index contributed by atoms with van der Waals surface area (Å²) in [7, 11) is 0. The van der Waals surface area contributed by atoms with Crippen LogP contribution in [0.2, 0.25) is 0 Å². The van der Waals surface area contributed by atoms with E-state index in [0.717, 1.165) is 11.3 Å². The van der Waals surface area contributed by atoms with Gasteiger partial charge in [-0.05, 0) is 49.7 Å². The number of thiophene rings is 1. The summed E-state index contributed by atoms with van der Waals surface area (Å²) in [6, 6.07) is 9.78. The number of carbonyl (C=O) groups excluding carboxylic acids is 4. The Morgan fingerprint density at radius 1 is 0.966 bits per heavy atom. The third-order valence-electron chi connectivity index (χ3n) is 3.78. The van der Waals surface area contributed by atoms with Gasteiger partial charge in [-0.15, -0.1) is 11.3 Å². The number of rotatable bonds is 10. The maximum atomic E-state index is 12.0. The topological polar surface area (TPSA) is 98.8 Å². The van der Waals surface area contributed by atoms with Gasteiger partial charge in [0.1, 0.15) is 0 Å². The Morgan fingerprint density at radius 2 is 1.69 bits per heavy atom. The predicted molar refractivity (Wildman–Crippen MR) is 109 cm³/mol. The second kappa shape index (κ2) is 11.1. The van der Waals surface area contributed by atoms with Crippen molar-refractivity contribution in [2.24, 2.45) is 0 Å². The number of ketones is 1. The molecule has 1 aromatic heterocycles. The summed E-state index contributed by atoms with van der Waals surface area (Å²) < 4.78 is 9.92. The lowest BCUT2D eigenvalue weighted by molar-refractivity contribution is -0.147. The molecule has 1 aromatic carbocycles. The molecule has 0 atom stereocenters. The van der Waals surface area contributed by atoms with Crippen molar-refractivity contribution in [3.63, 3.8) is 0 Å². The molecule has 29 heavy (non-hydrogen) atoms. The Bertz CT molecular complexity index is 872. The number of hydrogen-bond acceptors (Lipinski definition) is 7.